The van der Waals surface area contributed by atoms with E-state index in [2.05, 4.69) is 205 Å². The molecule has 9 aromatic carbocycles. The predicted molar refractivity (Wildman–Crippen MR) is 236 cm³/mol. The molecule has 0 aliphatic heterocycles. The lowest BCUT2D eigenvalue weighted by Crippen LogP contribution is -2.26. The number of fused-ring (bicyclic) bond motifs is 13. The van der Waals surface area contributed by atoms with Crippen molar-refractivity contribution in [2.45, 2.75) is 5.41 Å². The highest BCUT2D eigenvalue weighted by Gasteiger charge is 2.51. The summed E-state index contributed by atoms with van der Waals surface area (Å²) in [5.41, 5.74) is 19.8. The van der Waals surface area contributed by atoms with Crippen molar-refractivity contribution in [3.63, 3.8) is 0 Å². The van der Waals surface area contributed by atoms with Gasteiger partial charge in [0.05, 0.1) is 5.41 Å². The van der Waals surface area contributed by atoms with E-state index >= 15 is 0 Å². The molecule has 1 aromatic heterocycles. The average molecular weight is 726 g/mol. The van der Waals surface area contributed by atoms with Gasteiger partial charge in [0.25, 0.3) is 0 Å². The minimum absolute atomic E-state index is 0.429. The van der Waals surface area contributed by atoms with Gasteiger partial charge in [-0.25, -0.2) is 0 Å². The Morgan fingerprint density at radius 3 is 1.56 bits per heavy atom. The first kappa shape index (κ1) is 31.9. The van der Waals surface area contributed by atoms with Crippen LogP contribution in [0.1, 0.15) is 22.3 Å². The molecular formula is C55H35NO. The summed E-state index contributed by atoms with van der Waals surface area (Å²) < 4.78 is 6.46. The molecule has 0 radical (unpaired) electrons. The summed E-state index contributed by atoms with van der Waals surface area (Å²) in [6.07, 6.45) is 0. The smallest absolute Gasteiger partial charge is 0.143 e. The topological polar surface area (TPSA) is 16.4 Å². The van der Waals surface area contributed by atoms with Crippen LogP contribution in [-0.4, -0.2) is 0 Å². The first-order chi connectivity index (χ1) is 28.3. The fourth-order valence-corrected chi connectivity index (χ4v) is 9.89. The Labute approximate surface area is 331 Å². The van der Waals surface area contributed by atoms with Crippen molar-refractivity contribution < 1.29 is 4.42 Å². The van der Waals surface area contributed by atoms with Gasteiger partial charge in [0.1, 0.15) is 11.2 Å². The van der Waals surface area contributed by atoms with Gasteiger partial charge in [-0.1, -0.05) is 170 Å². The highest BCUT2D eigenvalue weighted by Crippen LogP contribution is 2.63. The zero-order valence-corrected chi connectivity index (χ0v) is 31.1. The van der Waals surface area contributed by atoms with Gasteiger partial charge < -0.3 is 9.32 Å². The van der Waals surface area contributed by atoms with E-state index in [9.17, 15) is 0 Å². The fraction of sp³-hybridized carbons (Fsp3) is 0.0182. The number of furan rings is 1. The van der Waals surface area contributed by atoms with Gasteiger partial charge >= 0.3 is 0 Å². The van der Waals surface area contributed by atoms with Crippen LogP contribution in [0.3, 0.4) is 0 Å². The van der Waals surface area contributed by atoms with E-state index in [4.69, 9.17) is 4.42 Å². The van der Waals surface area contributed by atoms with Crippen LogP contribution in [-0.2, 0) is 5.41 Å². The second kappa shape index (κ2) is 12.3. The third-order valence-electron chi connectivity index (χ3n) is 12.3. The Balaban J connectivity index is 1.07. The summed E-state index contributed by atoms with van der Waals surface area (Å²) in [6.45, 7) is 0. The Morgan fingerprint density at radius 1 is 0.316 bits per heavy atom. The van der Waals surface area contributed by atoms with Crippen LogP contribution in [0, 0.1) is 0 Å². The number of rotatable bonds is 5. The number of hydrogen-bond donors (Lipinski definition) is 0. The van der Waals surface area contributed by atoms with Crippen LogP contribution < -0.4 is 4.90 Å². The molecule has 1 spiro atoms. The molecule has 57 heavy (non-hydrogen) atoms. The Kier molecular flexibility index (Phi) is 6.88. The van der Waals surface area contributed by atoms with Crippen LogP contribution in [0.25, 0.3) is 66.4 Å². The van der Waals surface area contributed by atoms with Crippen LogP contribution in [0.2, 0.25) is 0 Å². The summed E-state index contributed by atoms with van der Waals surface area (Å²) in [6, 6.07) is 77.5. The summed E-state index contributed by atoms with van der Waals surface area (Å²) >= 11 is 0. The van der Waals surface area contributed by atoms with Crippen LogP contribution in [0.5, 0.6) is 0 Å². The van der Waals surface area contributed by atoms with Crippen molar-refractivity contribution in [3.8, 4) is 44.5 Å². The van der Waals surface area contributed by atoms with Gasteiger partial charge in [-0.2, -0.15) is 0 Å². The molecular weight excluding hydrogens is 691 g/mol. The summed E-state index contributed by atoms with van der Waals surface area (Å²) in [5.74, 6) is 0. The van der Waals surface area contributed by atoms with E-state index in [1.807, 2.05) is 12.1 Å². The fourth-order valence-electron chi connectivity index (χ4n) is 9.89. The van der Waals surface area contributed by atoms with Crippen molar-refractivity contribution in [2.24, 2.45) is 0 Å². The van der Waals surface area contributed by atoms with Crippen molar-refractivity contribution >= 4 is 39.0 Å². The Bertz CT molecular complexity index is 3130. The Hall–Kier alpha value is -7.42. The van der Waals surface area contributed by atoms with Gasteiger partial charge in [-0.3, -0.25) is 0 Å². The van der Waals surface area contributed by atoms with Crippen LogP contribution >= 0.6 is 0 Å². The average Bonchev–Trinajstić information content (AvgIpc) is 3.91. The third kappa shape index (κ3) is 4.59. The maximum Gasteiger partial charge on any atom is 0.143 e. The van der Waals surface area contributed by atoms with Crippen molar-refractivity contribution in [2.75, 3.05) is 4.90 Å². The van der Waals surface area contributed by atoms with E-state index < -0.39 is 5.41 Å². The number of nitrogens with zero attached hydrogens (tertiary/aromatic N) is 1. The van der Waals surface area contributed by atoms with Crippen LogP contribution in [0.15, 0.2) is 217 Å². The monoisotopic (exact) mass is 725 g/mol. The van der Waals surface area contributed by atoms with Crippen LogP contribution in [0.4, 0.5) is 17.1 Å². The SMILES string of the molecule is c1ccc(-c2cccc(N(c3ccc(-c4cccc5c4oc4ccccc45)cc3)c3ccc4c(c3)C3(c5ccccc5-c5ccccc53)c3ccccc3-4)c2)cc1. The van der Waals surface area contributed by atoms with Gasteiger partial charge in [-0.15, -0.1) is 0 Å². The van der Waals surface area contributed by atoms with Crippen molar-refractivity contribution in [1.29, 1.82) is 0 Å². The van der Waals surface area contributed by atoms with E-state index in [1.165, 1.54) is 55.6 Å². The molecule has 2 heteroatoms. The predicted octanol–water partition coefficient (Wildman–Crippen LogP) is 14.7. The van der Waals surface area contributed by atoms with E-state index in [-0.39, 0.29) is 0 Å². The molecule has 0 amide bonds. The molecule has 10 aromatic rings. The second-order valence-corrected chi connectivity index (χ2v) is 15.2. The molecule has 0 atom stereocenters. The maximum absolute atomic E-state index is 6.46. The van der Waals surface area contributed by atoms with Gasteiger partial charge in [0.2, 0.25) is 0 Å². The van der Waals surface area contributed by atoms with E-state index in [1.54, 1.807) is 0 Å². The minimum atomic E-state index is -0.429. The first-order valence-corrected chi connectivity index (χ1v) is 19.7. The molecule has 2 nitrogen and oxygen atoms in total. The van der Waals surface area contributed by atoms with Crippen molar-refractivity contribution in [3.05, 3.63) is 235 Å². The zero-order chi connectivity index (χ0) is 37.5. The maximum atomic E-state index is 6.46. The lowest BCUT2D eigenvalue weighted by Gasteiger charge is -2.32. The molecule has 0 saturated heterocycles. The number of anilines is 3. The summed E-state index contributed by atoms with van der Waals surface area (Å²) in [7, 11) is 0. The van der Waals surface area contributed by atoms with Gasteiger partial charge in [-0.05, 0) is 104 Å². The van der Waals surface area contributed by atoms with Gasteiger partial charge in [0.15, 0.2) is 0 Å². The molecule has 0 unspecified atom stereocenters. The zero-order valence-electron chi connectivity index (χ0n) is 31.1. The van der Waals surface area contributed by atoms with E-state index in [0.29, 0.717) is 0 Å². The number of benzene rings is 9. The summed E-state index contributed by atoms with van der Waals surface area (Å²) in [4.78, 5) is 2.42. The lowest BCUT2D eigenvalue weighted by molar-refractivity contribution is 0.670. The molecule has 0 N–H and O–H groups in total. The lowest BCUT2D eigenvalue weighted by atomic mass is 9.70. The standard InChI is InChI=1S/C55H35NO/c1-2-14-36(15-3-1)38-16-12-17-40(34-38)56(39-30-28-37(29-31-39)42-22-13-23-48-47-21-7-11-27-53(47)57-54(42)48)41-32-33-46-45-20-6-10-26-51(45)55(52(46)35-41)49-24-8-4-18-43(49)44-19-5-9-25-50(44)55/h1-35H. The molecule has 0 fully saturated rings. The largest absolute Gasteiger partial charge is 0.455 e. The molecule has 1 heterocycles. The molecule has 2 aliphatic carbocycles. The molecule has 12 rings (SSSR count). The molecule has 266 valence electrons. The quantitative estimate of drug-likeness (QED) is 0.176. The van der Waals surface area contributed by atoms with Crippen molar-refractivity contribution in [1.82, 2.24) is 0 Å². The molecule has 0 bridgehead atoms. The molecule has 2 aliphatic rings. The van der Waals surface area contributed by atoms with Gasteiger partial charge in [0, 0.05) is 33.4 Å². The minimum Gasteiger partial charge on any atom is -0.455 e. The van der Waals surface area contributed by atoms with E-state index in [0.717, 1.165) is 50.1 Å². The normalized spacial score (nSPS) is 13.1. The second-order valence-electron chi connectivity index (χ2n) is 15.2. The third-order valence-corrected chi connectivity index (χ3v) is 12.3. The summed E-state index contributed by atoms with van der Waals surface area (Å²) in [5, 5.41) is 2.27. The number of para-hydroxylation sites is 2. The Morgan fingerprint density at radius 2 is 0.842 bits per heavy atom. The number of hydrogen-bond acceptors (Lipinski definition) is 2. The molecule has 0 saturated carbocycles. The highest BCUT2D eigenvalue weighted by molar-refractivity contribution is 6.09. The highest BCUT2D eigenvalue weighted by atomic mass is 16.3. The first-order valence-electron chi connectivity index (χ1n) is 19.7.